The lowest BCUT2D eigenvalue weighted by Gasteiger charge is -2.06. The summed E-state index contributed by atoms with van der Waals surface area (Å²) in [5.41, 5.74) is 5.01. The number of rotatable bonds is 4. The average Bonchev–Trinajstić information content (AvgIpc) is 2.57. The van der Waals surface area contributed by atoms with Gasteiger partial charge in [-0.25, -0.2) is 4.98 Å². The first kappa shape index (κ1) is 17.1. The molecule has 0 amide bonds. The molecule has 0 spiro atoms. The van der Waals surface area contributed by atoms with Gasteiger partial charge in [0.2, 0.25) is 0 Å². The maximum Gasteiger partial charge on any atom is 0.288 e. The fourth-order valence-corrected chi connectivity index (χ4v) is 2.71. The Morgan fingerprint density at radius 2 is 2.00 bits per heavy atom. The van der Waals surface area contributed by atoms with E-state index in [0.29, 0.717) is 16.4 Å². The summed E-state index contributed by atoms with van der Waals surface area (Å²) in [6.07, 6.45) is 1.46. The molecule has 0 unspecified atom stereocenters. The summed E-state index contributed by atoms with van der Waals surface area (Å²) in [7, 11) is 0. The number of nitro groups is 1. The largest absolute Gasteiger partial charge is 0.288 e. The van der Waals surface area contributed by atoms with Crippen LogP contribution in [0.15, 0.2) is 47.6 Å². The Hall–Kier alpha value is -2.70. The maximum atomic E-state index is 10.9. The highest BCUT2D eigenvalue weighted by molar-refractivity contribution is 6.32. The lowest BCUT2D eigenvalue weighted by molar-refractivity contribution is -0.384. The lowest BCUT2D eigenvalue weighted by Crippen LogP contribution is -1.96. The second-order valence-electron chi connectivity index (χ2n) is 5.32. The molecule has 3 rings (SSSR count). The number of hydrogen-bond acceptors (Lipinski definition) is 5. The van der Waals surface area contributed by atoms with Crippen LogP contribution in [0.5, 0.6) is 0 Å². The number of aromatic nitrogens is 1. The number of pyridine rings is 1. The predicted octanol–water partition coefficient (Wildman–Crippen LogP) is 5.20. The van der Waals surface area contributed by atoms with Crippen LogP contribution in [0.3, 0.4) is 0 Å². The summed E-state index contributed by atoms with van der Waals surface area (Å²) in [5.74, 6) is 0.562. The van der Waals surface area contributed by atoms with Crippen LogP contribution < -0.4 is 5.43 Å². The quantitative estimate of drug-likeness (QED) is 0.386. The van der Waals surface area contributed by atoms with Crippen molar-refractivity contribution in [2.24, 2.45) is 5.10 Å². The molecule has 0 aliphatic heterocycles. The Morgan fingerprint density at radius 3 is 2.76 bits per heavy atom. The molecule has 0 radical (unpaired) electrons. The van der Waals surface area contributed by atoms with Crippen LogP contribution in [-0.4, -0.2) is 16.1 Å². The van der Waals surface area contributed by atoms with E-state index >= 15 is 0 Å². The monoisotopic (exact) mass is 374 g/mol. The molecule has 0 aliphatic carbocycles. The molecule has 3 aromatic rings. The van der Waals surface area contributed by atoms with Gasteiger partial charge in [-0.1, -0.05) is 29.3 Å². The second-order valence-corrected chi connectivity index (χ2v) is 6.17. The molecule has 0 saturated heterocycles. The smallest absolute Gasteiger partial charge is 0.261 e. The molecule has 0 atom stereocenters. The molecule has 126 valence electrons. The normalized spacial score (nSPS) is 11.2. The van der Waals surface area contributed by atoms with Crippen molar-refractivity contribution in [2.45, 2.75) is 6.92 Å². The molecule has 2 aromatic carbocycles. The molecule has 0 aliphatic rings. The average molecular weight is 375 g/mol. The van der Waals surface area contributed by atoms with Gasteiger partial charge in [0.25, 0.3) is 5.69 Å². The number of nitro benzene ring substituents is 1. The van der Waals surface area contributed by atoms with E-state index in [2.05, 4.69) is 15.5 Å². The Morgan fingerprint density at radius 1 is 1.20 bits per heavy atom. The first-order valence-corrected chi connectivity index (χ1v) is 7.99. The van der Waals surface area contributed by atoms with E-state index in [0.717, 1.165) is 16.5 Å². The molecule has 6 nitrogen and oxygen atoms in total. The van der Waals surface area contributed by atoms with Crippen molar-refractivity contribution in [1.29, 1.82) is 0 Å². The molecule has 0 bridgehead atoms. The number of hydrogen-bond donors (Lipinski definition) is 1. The van der Waals surface area contributed by atoms with Crippen LogP contribution in [0.25, 0.3) is 10.9 Å². The maximum absolute atomic E-state index is 10.9. The van der Waals surface area contributed by atoms with Gasteiger partial charge in [-0.15, -0.1) is 0 Å². The number of anilines is 1. The molecule has 25 heavy (non-hydrogen) atoms. The van der Waals surface area contributed by atoms with E-state index in [1.54, 1.807) is 12.1 Å². The van der Waals surface area contributed by atoms with Gasteiger partial charge in [0.05, 0.1) is 16.7 Å². The third kappa shape index (κ3) is 3.87. The molecule has 0 fully saturated rings. The highest BCUT2D eigenvalue weighted by atomic mass is 35.5. The molecule has 1 N–H and O–H groups in total. The summed E-state index contributed by atoms with van der Waals surface area (Å²) in [6.45, 7) is 1.96. The summed E-state index contributed by atoms with van der Waals surface area (Å²) in [6, 6.07) is 11.8. The van der Waals surface area contributed by atoms with Crippen molar-refractivity contribution >= 4 is 51.8 Å². The van der Waals surface area contributed by atoms with Crippen LogP contribution in [0, 0.1) is 17.0 Å². The zero-order valence-corrected chi connectivity index (χ0v) is 14.5. The predicted molar refractivity (Wildman–Crippen MR) is 101 cm³/mol. The molecular formula is C17H12Cl2N4O2. The molecule has 0 saturated carbocycles. The van der Waals surface area contributed by atoms with Crippen molar-refractivity contribution in [3.8, 4) is 0 Å². The molecule has 1 heterocycles. The van der Waals surface area contributed by atoms with Gasteiger partial charge in [0, 0.05) is 22.0 Å². The third-order valence-corrected chi connectivity index (χ3v) is 4.09. The zero-order valence-electron chi connectivity index (χ0n) is 13.0. The van der Waals surface area contributed by atoms with Crippen molar-refractivity contribution < 1.29 is 4.92 Å². The highest BCUT2D eigenvalue weighted by Crippen LogP contribution is 2.25. The van der Waals surface area contributed by atoms with Crippen LogP contribution in [-0.2, 0) is 0 Å². The summed E-state index contributed by atoms with van der Waals surface area (Å²) in [4.78, 5) is 14.8. The van der Waals surface area contributed by atoms with Gasteiger partial charge >= 0.3 is 0 Å². The SMILES string of the molecule is Cc1cc(N/N=C/c2ccc(Cl)c([N+](=O)[O-])c2)nc2ccc(Cl)cc12. The number of nitrogens with one attached hydrogen (secondary N) is 1. The van der Waals surface area contributed by atoms with Gasteiger partial charge in [0.15, 0.2) is 0 Å². The van der Waals surface area contributed by atoms with E-state index in [9.17, 15) is 10.1 Å². The third-order valence-electron chi connectivity index (χ3n) is 3.54. The van der Waals surface area contributed by atoms with Crippen molar-refractivity contribution in [1.82, 2.24) is 4.98 Å². The van der Waals surface area contributed by atoms with Gasteiger partial charge in [0.1, 0.15) is 10.8 Å². The fraction of sp³-hybridized carbons (Fsp3) is 0.0588. The summed E-state index contributed by atoms with van der Waals surface area (Å²) < 4.78 is 0. The Bertz CT molecular complexity index is 1010. The Labute approximate surface area is 153 Å². The molecular weight excluding hydrogens is 363 g/mol. The zero-order chi connectivity index (χ0) is 18.0. The van der Waals surface area contributed by atoms with Crippen molar-refractivity contribution in [3.63, 3.8) is 0 Å². The first-order chi connectivity index (χ1) is 11.9. The van der Waals surface area contributed by atoms with Crippen LogP contribution in [0.2, 0.25) is 10.0 Å². The van der Waals surface area contributed by atoms with Crippen molar-refractivity contribution in [3.05, 3.63) is 73.8 Å². The Balaban J connectivity index is 1.83. The number of fused-ring (bicyclic) bond motifs is 1. The van der Waals surface area contributed by atoms with Gasteiger partial charge in [-0.2, -0.15) is 5.10 Å². The molecule has 1 aromatic heterocycles. The Kier molecular flexibility index (Phi) is 4.83. The first-order valence-electron chi connectivity index (χ1n) is 7.24. The van der Waals surface area contributed by atoms with Gasteiger partial charge in [-0.3, -0.25) is 15.5 Å². The standard InChI is InChI=1S/C17H12Cl2N4O2/c1-10-6-17(21-15-5-3-12(18)8-13(10)15)22-20-9-11-2-4-14(19)16(7-11)23(24)25/h2-9H,1H3,(H,21,22)/b20-9+. The number of halogens is 2. The van der Waals surface area contributed by atoms with Crippen LogP contribution in [0.1, 0.15) is 11.1 Å². The minimum Gasteiger partial charge on any atom is -0.261 e. The number of benzene rings is 2. The topological polar surface area (TPSA) is 80.4 Å². The number of hydrazone groups is 1. The fourth-order valence-electron chi connectivity index (χ4n) is 2.35. The van der Waals surface area contributed by atoms with E-state index in [1.807, 2.05) is 25.1 Å². The van der Waals surface area contributed by atoms with E-state index < -0.39 is 4.92 Å². The van der Waals surface area contributed by atoms with E-state index in [1.165, 1.54) is 18.3 Å². The van der Waals surface area contributed by atoms with Crippen LogP contribution >= 0.6 is 23.2 Å². The highest BCUT2D eigenvalue weighted by Gasteiger charge is 2.11. The lowest BCUT2D eigenvalue weighted by atomic mass is 10.1. The van der Waals surface area contributed by atoms with E-state index in [4.69, 9.17) is 23.2 Å². The minimum absolute atomic E-state index is 0.0839. The molecule has 8 heteroatoms. The van der Waals surface area contributed by atoms with Gasteiger partial charge < -0.3 is 0 Å². The van der Waals surface area contributed by atoms with Gasteiger partial charge in [-0.05, 0) is 42.8 Å². The number of aryl methyl sites for hydroxylation is 1. The minimum atomic E-state index is -0.535. The van der Waals surface area contributed by atoms with Crippen molar-refractivity contribution in [2.75, 3.05) is 5.43 Å². The second kappa shape index (κ2) is 7.04. The van der Waals surface area contributed by atoms with Crippen LogP contribution in [0.4, 0.5) is 11.5 Å². The number of nitrogens with zero attached hydrogens (tertiary/aromatic N) is 3. The summed E-state index contributed by atoms with van der Waals surface area (Å²) in [5, 5.41) is 16.7. The van der Waals surface area contributed by atoms with E-state index in [-0.39, 0.29) is 10.7 Å². The summed E-state index contributed by atoms with van der Waals surface area (Å²) >= 11 is 11.8.